The quantitative estimate of drug-likeness (QED) is 0.436. The highest BCUT2D eigenvalue weighted by Gasteiger charge is 2.17. The van der Waals surface area contributed by atoms with Gasteiger partial charge < -0.3 is 24.8 Å². The molecule has 0 heterocycles. The standard InChI is InChI=1S/C10H22O5/c1-2-3-9(13)10(8-12)15-7-6-14-5-4-11/h9-13H,2-8H2,1H3. The predicted octanol–water partition coefficient (Wildman–Crippen LogP) is -0.466. The van der Waals surface area contributed by atoms with Gasteiger partial charge in [-0.1, -0.05) is 13.3 Å². The molecule has 0 saturated heterocycles. The van der Waals surface area contributed by atoms with E-state index in [1.165, 1.54) is 0 Å². The number of aliphatic hydroxyl groups excluding tert-OH is 3. The molecule has 5 nitrogen and oxygen atoms in total. The van der Waals surface area contributed by atoms with E-state index >= 15 is 0 Å². The minimum Gasteiger partial charge on any atom is -0.394 e. The van der Waals surface area contributed by atoms with Crippen molar-refractivity contribution < 1.29 is 24.8 Å². The van der Waals surface area contributed by atoms with E-state index in [0.717, 1.165) is 6.42 Å². The van der Waals surface area contributed by atoms with Gasteiger partial charge in [-0.15, -0.1) is 0 Å². The molecule has 0 fully saturated rings. The third-order valence-corrected chi connectivity index (χ3v) is 1.99. The number of hydrogen-bond donors (Lipinski definition) is 3. The fraction of sp³-hybridized carbons (Fsp3) is 1.00. The minimum absolute atomic E-state index is 0.0120. The summed E-state index contributed by atoms with van der Waals surface area (Å²) in [5, 5.41) is 26.9. The maximum atomic E-state index is 9.55. The Kier molecular flexibility index (Phi) is 10.2. The van der Waals surface area contributed by atoms with Crippen molar-refractivity contribution in [3.8, 4) is 0 Å². The van der Waals surface area contributed by atoms with E-state index in [2.05, 4.69) is 0 Å². The molecule has 0 radical (unpaired) electrons. The van der Waals surface area contributed by atoms with Crippen molar-refractivity contribution in [3.05, 3.63) is 0 Å². The van der Waals surface area contributed by atoms with Gasteiger partial charge in [0.15, 0.2) is 0 Å². The molecule has 0 aromatic rings. The van der Waals surface area contributed by atoms with Gasteiger partial charge in [-0.2, -0.15) is 0 Å². The highest BCUT2D eigenvalue weighted by molar-refractivity contribution is 4.67. The van der Waals surface area contributed by atoms with Gasteiger partial charge in [0.2, 0.25) is 0 Å². The Hall–Kier alpha value is -0.200. The maximum absolute atomic E-state index is 9.55. The van der Waals surface area contributed by atoms with Crippen LogP contribution in [0, 0.1) is 0 Å². The first-order valence-corrected chi connectivity index (χ1v) is 5.35. The molecule has 0 aliphatic heterocycles. The van der Waals surface area contributed by atoms with Crippen LogP contribution >= 0.6 is 0 Å². The fourth-order valence-electron chi connectivity index (χ4n) is 1.19. The van der Waals surface area contributed by atoms with E-state index in [-0.39, 0.29) is 19.8 Å². The lowest BCUT2D eigenvalue weighted by atomic mass is 10.1. The van der Waals surface area contributed by atoms with Crippen molar-refractivity contribution >= 4 is 0 Å². The molecular formula is C10H22O5. The van der Waals surface area contributed by atoms with Gasteiger partial charge in [0.1, 0.15) is 6.10 Å². The number of aliphatic hydroxyl groups is 3. The highest BCUT2D eigenvalue weighted by Crippen LogP contribution is 2.05. The first-order chi connectivity index (χ1) is 7.26. The summed E-state index contributed by atoms with van der Waals surface area (Å²) in [6.45, 7) is 2.71. The Labute approximate surface area is 90.6 Å². The second-order valence-corrected chi connectivity index (χ2v) is 3.28. The van der Waals surface area contributed by atoms with Gasteiger partial charge in [-0.25, -0.2) is 0 Å². The largest absolute Gasteiger partial charge is 0.394 e. The molecule has 0 aliphatic carbocycles. The summed E-state index contributed by atoms with van der Waals surface area (Å²) in [6, 6.07) is 0. The van der Waals surface area contributed by atoms with Crippen LogP contribution in [0.2, 0.25) is 0 Å². The Morgan fingerprint density at radius 1 is 1.13 bits per heavy atom. The Balaban J connectivity index is 3.51. The molecule has 0 saturated carbocycles. The zero-order valence-electron chi connectivity index (χ0n) is 9.26. The average Bonchev–Trinajstić information content (AvgIpc) is 2.23. The maximum Gasteiger partial charge on any atom is 0.106 e. The van der Waals surface area contributed by atoms with Crippen LogP contribution in [-0.4, -0.2) is 60.6 Å². The zero-order valence-corrected chi connectivity index (χ0v) is 9.26. The molecular weight excluding hydrogens is 200 g/mol. The van der Waals surface area contributed by atoms with Crippen molar-refractivity contribution in [3.63, 3.8) is 0 Å². The highest BCUT2D eigenvalue weighted by atomic mass is 16.5. The van der Waals surface area contributed by atoms with Crippen LogP contribution in [0.4, 0.5) is 0 Å². The molecule has 0 aliphatic rings. The second kappa shape index (κ2) is 10.3. The lowest BCUT2D eigenvalue weighted by molar-refractivity contribution is -0.0807. The van der Waals surface area contributed by atoms with Gasteiger partial charge in [0.25, 0.3) is 0 Å². The van der Waals surface area contributed by atoms with Crippen molar-refractivity contribution in [2.45, 2.75) is 32.0 Å². The second-order valence-electron chi connectivity index (χ2n) is 3.28. The summed E-state index contributed by atoms with van der Waals surface area (Å²) < 4.78 is 10.2. The van der Waals surface area contributed by atoms with Crippen LogP contribution in [0.3, 0.4) is 0 Å². The average molecular weight is 222 g/mol. The van der Waals surface area contributed by atoms with Crippen LogP contribution in [0.5, 0.6) is 0 Å². The molecule has 0 bridgehead atoms. The normalized spacial score (nSPS) is 15.2. The third-order valence-electron chi connectivity index (χ3n) is 1.99. The van der Waals surface area contributed by atoms with Crippen LogP contribution in [0.15, 0.2) is 0 Å². The van der Waals surface area contributed by atoms with Crippen LogP contribution in [0.1, 0.15) is 19.8 Å². The Morgan fingerprint density at radius 2 is 1.87 bits per heavy atom. The fourth-order valence-corrected chi connectivity index (χ4v) is 1.19. The summed E-state index contributed by atoms with van der Waals surface area (Å²) in [5.74, 6) is 0. The molecule has 2 atom stereocenters. The van der Waals surface area contributed by atoms with E-state index < -0.39 is 12.2 Å². The molecule has 92 valence electrons. The smallest absolute Gasteiger partial charge is 0.106 e. The van der Waals surface area contributed by atoms with E-state index in [9.17, 15) is 5.11 Å². The molecule has 0 amide bonds. The van der Waals surface area contributed by atoms with Crippen molar-refractivity contribution in [1.29, 1.82) is 0 Å². The lowest BCUT2D eigenvalue weighted by Gasteiger charge is -2.20. The number of rotatable bonds is 10. The molecule has 2 unspecified atom stereocenters. The summed E-state index contributed by atoms with van der Waals surface area (Å²) in [6.07, 6.45) is 0.297. The van der Waals surface area contributed by atoms with Gasteiger partial charge >= 0.3 is 0 Å². The zero-order chi connectivity index (χ0) is 11.5. The monoisotopic (exact) mass is 222 g/mol. The van der Waals surface area contributed by atoms with Crippen molar-refractivity contribution in [2.24, 2.45) is 0 Å². The van der Waals surface area contributed by atoms with E-state index in [0.29, 0.717) is 19.6 Å². The molecule has 5 heteroatoms. The van der Waals surface area contributed by atoms with E-state index in [1.54, 1.807) is 0 Å². The summed E-state index contributed by atoms with van der Waals surface area (Å²) in [7, 11) is 0. The number of hydrogen-bond acceptors (Lipinski definition) is 5. The van der Waals surface area contributed by atoms with Gasteiger partial charge in [0, 0.05) is 0 Å². The first-order valence-electron chi connectivity index (χ1n) is 5.35. The SMILES string of the molecule is CCCC(O)C(CO)OCCOCCO. The summed E-state index contributed by atoms with van der Waals surface area (Å²) >= 11 is 0. The third kappa shape index (κ3) is 7.70. The van der Waals surface area contributed by atoms with Crippen LogP contribution < -0.4 is 0 Å². The lowest BCUT2D eigenvalue weighted by Crippen LogP contribution is -2.33. The molecule has 0 spiro atoms. The minimum atomic E-state index is -0.627. The molecule has 3 N–H and O–H groups in total. The first kappa shape index (κ1) is 14.8. The number of ether oxygens (including phenoxy) is 2. The van der Waals surface area contributed by atoms with Gasteiger partial charge in [-0.05, 0) is 6.42 Å². The van der Waals surface area contributed by atoms with Crippen LogP contribution in [0.25, 0.3) is 0 Å². The topological polar surface area (TPSA) is 79.2 Å². The van der Waals surface area contributed by atoms with Gasteiger partial charge in [-0.3, -0.25) is 0 Å². The van der Waals surface area contributed by atoms with Crippen molar-refractivity contribution in [1.82, 2.24) is 0 Å². The molecule has 0 aromatic heterocycles. The predicted molar refractivity (Wildman–Crippen MR) is 55.6 cm³/mol. The van der Waals surface area contributed by atoms with Crippen molar-refractivity contribution in [2.75, 3.05) is 33.0 Å². The van der Waals surface area contributed by atoms with Gasteiger partial charge in [0.05, 0.1) is 39.1 Å². The molecule has 15 heavy (non-hydrogen) atoms. The Bertz CT molecular complexity index is 131. The summed E-state index contributed by atoms with van der Waals surface area (Å²) in [5.41, 5.74) is 0. The van der Waals surface area contributed by atoms with E-state index in [1.807, 2.05) is 6.92 Å². The summed E-state index contributed by atoms with van der Waals surface area (Å²) in [4.78, 5) is 0. The molecule has 0 rings (SSSR count). The van der Waals surface area contributed by atoms with Crippen LogP contribution in [-0.2, 0) is 9.47 Å². The Morgan fingerprint density at radius 3 is 2.40 bits per heavy atom. The molecule has 0 aromatic carbocycles. The van der Waals surface area contributed by atoms with E-state index in [4.69, 9.17) is 19.7 Å².